The van der Waals surface area contributed by atoms with E-state index in [1.807, 2.05) is 0 Å². The van der Waals surface area contributed by atoms with Crippen molar-refractivity contribution in [1.82, 2.24) is 14.2 Å². The van der Waals surface area contributed by atoms with E-state index in [4.69, 9.17) is 4.74 Å². The van der Waals surface area contributed by atoms with Crippen molar-refractivity contribution in [2.24, 2.45) is 13.0 Å². The van der Waals surface area contributed by atoms with E-state index in [-0.39, 0.29) is 54.3 Å². The molecule has 0 spiro atoms. The van der Waals surface area contributed by atoms with Crippen LogP contribution < -0.4 is 5.32 Å². The molecule has 0 saturated carbocycles. The summed E-state index contributed by atoms with van der Waals surface area (Å²) in [5.41, 5.74) is 1.84. The molecule has 33 heavy (non-hydrogen) atoms. The summed E-state index contributed by atoms with van der Waals surface area (Å²) in [6.07, 6.45) is 0.738. The highest BCUT2D eigenvalue weighted by molar-refractivity contribution is 7.89. The van der Waals surface area contributed by atoms with E-state index in [1.165, 1.54) is 16.4 Å². The summed E-state index contributed by atoms with van der Waals surface area (Å²) in [7, 11) is -2.24. The molecule has 1 saturated heterocycles. The zero-order chi connectivity index (χ0) is 24.3. The van der Waals surface area contributed by atoms with Gasteiger partial charge in [0.2, 0.25) is 15.9 Å². The van der Waals surface area contributed by atoms with E-state index in [1.54, 1.807) is 44.5 Å². The normalized spacial score (nSPS) is 15.4. The Morgan fingerprint density at radius 3 is 2.30 bits per heavy atom. The molecule has 3 rings (SSSR count). The first-order chi connectivity index (χ1) is 15.6. The van der Waals surface area contributed by atoms with Crippen molar-refractivity contribution < 1.29 is 27.1 Å². The second-order valence-electron chi connectivity index (χ2n) is 8.18. The van der Waals surface area contributed by atoms with Gasteiger partial charge in [0.05, 0.1) is 6.61 Å². The van der Waals surface area contributed by atoms with Gasteiger partial charge in [-0.3, -0.25) is 4.79 Å². The van der Waals surface area contributed by atoms with Crippen LogP contribution in [-0.2, 0) is 33.1 Å². The predicted molar refractivity (Wildman–Crippen MR) is 121 cm³/mol. The van der Waals surface area contributed by atoms with Gasteiger partial charge in [0, 0.05) is 44.0 Å². The summed E-state index contributed by atoms with van der Waals surface area (Å²) >= 11 is 0. The average Bonchev–Trinajstić information content (AvgIpc) is 3.03. The third kappa shape index (κ3) is 5.11. The zero-order valence-electron chi connectivity index (χ0n) is 19.4. The van der Waals surface area contributed by atoms with Crippen molar-refractivity contribution >= 4 is 21.9 Å². The highest BCUT2D eigenvalue weighted by atomic mass is 32.2. The van der Waals surface area contributed by atoms with Gasteiger partial charge in [0.15, 0.2) is 0 Å². The average molecular weight is 480 g/mol. The number of carbonyl (C=O) groups excluding carboxylic acids is 2. The van der Waals surface area contributed by atoms with Crippen molar-refractivity contribution in [2.45, 2.75) is 45.1 Å². The van der Waals surface area contributed by atoms with Gasteiger partial charge in [-0.2, -0.15) is 4.31 Å². The van der Waals surface area contributed by atoms with Gasteiger partial charge in [-0.05, 0) is 51.3 Å². The molecule has 0 unspecified atom stereocenters. The minimum Gasteiger partial charge on any atom is -0.462 e. The van der Waals surface area contributed by atoms with Crippen molar-refractivity contribution in [3.05, 3.63) is 52.6 Å². The summed E-state index contributed by atoms with van der Waals surface area (Å²) in [5, 5.41) is 2.84. The first-order valence-electron chi connectivity index (χ1n) is 10.9. The van der Waals surface area contributed by atoms with E-state index in [2.05, 4.69) is 5.32 Å². The van der Waals surface area contributed by atoms with Gasteiger partial charge in [-0.15, -0.1) is 0 Å². The number of hydrogen-bond donors (Lipinski definition) is 1. The molecule has 0 radical (unpaired) electrons. The Bertz CT molecular complexity index is 1130. The first-order valence-corrected chi connectivity index (χ1v) is 12.4. The van der Waals surface area contributed by atoms with Crippen molar-refractivity contribution in [1.29, 1.82) is 0 Å². The summed E-state index contributed by atoms with van der Waals surface area (Å²) in [6.45, 7) is 5.80. The molecule has 1 aliphatic heterocycles. The van der Waals surface area contributed by atoms with Crippen molar-refractivity contribution in [3.8, 4) is 0 Å². The number of rotatable bonds is 7. The molecule has 0 bridgehead atoms. The molecule has 2 aromatic rings. The Hall–Kier alpha value is -2.72. The zero-order valence-corrected chi connectivity index (χ0v) is 20.2. The monoisotopic (exact) mass is 479 g/mol. The standard InChI is InChI=1S/C23H30FN3O5S/c1-5-32-23(29)20-15(2)26(4)16(3)21(20)33(30,31)27-12-10-18(11-13-27)22(28)25-14-17-6-8-19(24)9-7-17/h6-9,18H,5,10-14H2,1-4H3,(H,25,28). The van der Waals surface area contributed by atoms with E-state index in [9.17, 15) is 22.4 Å². The maximum Gasteiger partial charge on any atom is 0.341 e. The number of sulfonamides is 1. The maximum absolute atomic E-state index is 13.5. The molecule has 180 valence electrons. The molecular formula is C23H30FN3O5S. The van der Waals surface area contributed by atoms with Crippen molar-refractivity contribution in [3.63, 3.8) is 0 Å². The molecule has 1 fully saturated rings. The second kappa shape index (κ2) is 10.0. The lowest BCUT2D eigenvalue weighted by Crippen LogP contribution is -2.43. The topological polar surface area (TPSA) is 97.7 Å². The number of halogens is 1. The van der Waals surface area contributed by atoms with Crippen LogP contribution >= 0.6 is 0 Å². The minimum atomic E-state index is -3.95. The Morgan fingerprint density at radius 1 is 1.12 bits per heavy atom. The van der Waals surface area contributed by atoms with Crippen LogP contribution in [0.3, 0.4) is 0 Å². The maximum atomic E-state index is 13.5. The van der Waals surface area contributed by atoms with Gasteiger partial charge < -0.3 is 14.6 Å². The van der Waals surface area contributed by atoms with Gasteiger partial charge >= 0.3 is 5.97 Å². The fraction of sp³-hybridized carbons (Fsp3) is 0.478. The molecule has 2 heterocycles. The fourth-order valence-electron chi connectivity index (χ4n) is 4.10. The van der Waals surface area contributed by atoms with Gasteiger partial charge in [-0.25, -0.2) is 17.6 Å². The van der Waals surface area contributed by atoms with Crippen LogP contribution in [0.1, 0.15) is 47.1 Å². The van der Waals surface area contributed by atoms with E-state index >= 15 is 0 Å². The Labute approximate surface area is 193 Å². The van der Waals surface area contributed by atoms with Crippen molar-refractivity contribution in [2.75, 3.05) is 19.7 Å². The highest BCUT2D eigenvalue weighted by Crippen LogP contribution is 2.32. The number of ether oxygens (including phenoxy) is 1. The third-order valence-electron chi connectivity index (χ3n) is 6.21. The molecule has 0 aliphatic carbocycles. The second-order valence-corrected chi connectivity index (χ2v) is 10.1. The number of piperidine rings is 1. The fourth-order valence-corrected chi connectivity index (χ4v) is 6.05. The van der Waals surface area contributed by atoms with Crippen LogP contribution in [0.5, 0.6) is 0 Å². The molecule has 8 nitrogen and oxygen atoms in total. The third-order valence-corrected chi connectivity index (χ3v) is 8.27. The van der Waals surface area contributed by atoms with Crippen LogP contribution in [-0.4, -0.2) is 48.9 Å². The first kappa shape index (κ1) is 24.9. The van der Waals surface area contributed by atoms with E-state index in [0.717, 1.165) is 5.56 Å². The molecule has 1 aromatic carbocycles. The quantitative estimate of drug-likeness (QED) is 0.616. The molecule has 0 atom stereocenters. The molecule has 1 amide bonds. The van der Waals surface area contributed by atoms with Crippen LogP contribution in [0.2, 0.25) is 0 Å². The van der Waals surface area contributed by atoms with Crippen LogP contribution in [0.4, 0.5) is 4.39 Å². The summed E-state index contributed by atoms with van der Waals surface area (Å²) in [6, 6.07) is 5.89. The minimum absolute atomic E-state index is 0.0276. The van der Waals surface area contributed by atoms with Crippen LogP contribution in [0.15, 0.2) is 29.2 Å². The smallest absolute Gasteiger partial charge is 0.341 e. The van der Waals surface area contributed by atoms with Crippen LogP contribution in [0, 0.1) is 25.6 Å². The number of nitrogens with one attached hydrogen (secondary N) is 1. The lowest BCUT2D eigenvalue weighted by atomic mass is 9.97. The summed E-state index contributed by atoms with van der Waals surface area (Å²) < 4.78 is 48.1. The lowest BCUT2D eigenvalue weighted by molar-refractivity contribution is -0.126. The van der Waals surface area contributed by atoms with Gasteiger partial charge in [0.1, 0.15) is 16.3 Å². The Kier molecular flexibility index (Phi) is 7.58. The molecular weight excluding hydrogens is 449 g/mol. The number of benzene rings is 1. The van der Waals surface area contributed by atoms with E-state index in [0.29, 0.717) is 24.2 Å². The van der Waals surface area contributed by atoms with Crippen LogP contribution in [0.25, 0.3) is 0 Å². The Morgan fingerprint density at radius 2 is 1.73 bits per heavy atom. The Balaban J connectivity index is 1.70. The molecule has 1 aliphatic rings. The highest BCUT2D eigenvalue weighted by Gasteiger charge is 2.38. The molecule has 10 heteroatoms. The largest absolute Gasteiger partial charge is 0.462 e. The predicted octanol–water partition coefficient (Wildman–Crippen LogP) is 2.67. The summed E-state index contributed by atoms with van der Waals surface area (Å²) in [5.74, 6) is -1.48. The number of amides is 1. The summed E-state index contributed by atoms with van der Waals surface area (Å²) in [4.78, 5) is 25.1. The number of hydrogen-bond acceptors (Lipinski definition) is 5. The number of nitrogens with zero attached hydrogens (tertiary/aromatic N) is 2. The molecule has 1 aromatic heterocycles. The number of aromatic nitrogens is 1. The SMILES string of the molecule is CCOC(=O)c1c(S(=O)(=O)N2CCC(C(=O)NCc3ccc(F)cc3)CC2)c(C)n(C)c1C. The van der Waals surface area contributed by atoms with Gasteiger partial charge in [-0.1, -0.05) is 12.1 Å². The number of carbonyl (C=O) groups is 2. The number of esters is 1. The lowest BCUT2D eigenvalue weighted by Gasteiger charge is -2.30. The van der Waals surface area contributed by atoms with Gasteiger partial charge in [0.25, 0.3) is 0 Å². The van der Waals surface area contributed by atoms with E-state index < -0.39 is 16.0 Å². The molecule has 1 N–H and O–H groups in total.